The maximum absolute atomic E-state index is 12.2. The van der Waals surface area contributed by atoms with Crippen molar-refractivity contribution in [3.63, 3.8) is 0 Å². The van der Waals surface area contributed by atoms with Gasteiger partial charge in [-0.15, -0.1) is 0 Å². The third kappa shape index (κ3) is 5.37. The predicted octanol–water partition coefficient (Wildman–Crippen LogP) is 3.72. The van der Waals surface area contributed by atoms with E-state index in [2.05, 4.69) is 27.0 Å². The molecule has 0 saturated carbocycles. The van der Waals surface area contributed by atoms with E-state index < -0.39 is 0 Å². The maximum atomic E-state index is 12.2. The minimum absolute atomic E-state index is 0.0225. The molecule has 0 radical (unpaired) electrons. The molecule has 32 heavy (non-hydrogen) atoms. The number of aromatic nitrogens is 2. The molecule has 0 bridgehead atoms. The molecule has 2 amide bonds. The standard InChI is InChI=1S/C23H23ClN6O2/c1-15-9-20(13-30(15)14-25)27-23(31)26-12-16-5-7-18(8-6-16)22-28-21(29-32-22)11-17-3-2-4-19(24)10-17/h2-8,10,15,20H,9,11-13H2,1H3,(H2,26,27,31)/t15-,20-/m1/s1. The summed E-state index contributed by atoms with van der Waals surface area (Å²) in [7, 11) is 0. The zero-order valence-electron chi connectivity index (χ0n) is 17.6. The van der Waals surface area contributed by atoms with E-state index in [0.717, 1.165) is 23.1 Å². The third-order valence-corrected chi connectivity index (χ3v) is 5.65. The first-order valence-electron chi connectivity index (χ1n) is 10.4. The van der Waals surface area contributed by atoms with Crippen molar-refractivity contribution in [2.45, 2.75) is 38.4 Å². The molecule has 3 aromatic rings. The molecule has 1 aliphatic rings. The van der Waals surface area contributed by atoms with Crippen LogP contribution in [0, 0.1) is 11.5 Å². The van der Waals surface area contributed by atoms with E-state index in [1.165, 1.54) is 0 Å². The van der Waals surface area contributed by atoms with Gasteiger partial charge >= 0.3 is 6.03 Å². The highest BCUT2D eigenvalue weighted by Gasteiger charge is 2.29. The zero-order chi connectivity index (χ0) is 22.5. The fraction of sp³-hybridized carbons (Fsp3) is 0.304. The van der Waals surface area contributed by atoms with Crippen molar-refractivity contribution in [1.29, 1.82) is 5.26 Å². The molecular weight excluding hydrogens is 428 g/mol. The Morgan fingerprint density at radius 1 is 1.28 bits per heavy atom. The molecule has 8 nitrogen and oxygen atoms in total. The molecule has 1 fully saturated rings. The zero-order valence-corrected chi connectivity index (χ0v) is 18.3. The predicted molar refractivity (Wildman–Crippen MR) is 120 cm³/mol. The van der Waals surface area contributed by atoms with Crippen LogP contribution in [0.3, 0.4) is 0 Å². The molecular formula is C23H23ClN6O2. The van der Waals surface area contributed by atoms with Gasteiger partial charge in [-0.2, -0.15) is 10.2 Å². The summed E-state index contributed by atoms with van der Waals surface area (Å²) in [4.78, 5) is 18.3. The highest BCUT2D eigenvalue weighted by atomic mass is 35.5. The minimum atomic E-state index is -0.242. The van der Waals surface area contributed by atoms with E-state index in [1.54, 1.807) is 4.90 Å². The van der Waals surface area contributed by atoms with Crippen LogP contribution in [-0.2, 0) is 13.0 Å². The number of nitrogens with one attached hydrogen (secondary N) is 2. The number of nitriles is 1. The molecule has 0 spiro atoms. The summed E-state index contributed by atoms with van der Waals surface area (Å²) in [5.41, 5.74) is 2.76. The van der Waals surface area contributed by atoms with E-state index in [-0.39, 0.29) is 18.1 Å². The number of carbonyl (C=O) groups excluding carboxylic acids is 1. The van der Waals surface area contributed by atoms with Gasteiger partial charge in [-0.1, -0.05) is 41.0 Å². The van der Waals surface area contributed by atoms with Gasteiger partial charge in [-0.25, -0.2) is 4.79 Å². The quantitative estimate of drug-likeness (QED) is 0.554. The Morgan fingerprint density at radius 3 is 2.81 bits per heavy atom. The fourth-order valence-electron chi connectivity index (χ4n) is 3.73. The second-order valence-electron chi connectivity index (χ2n) is 7.88. The Kier molecular flexibility index (Phi) is 6.57. The lowest BCUT2D eigenvalue weighted by molar-refractivity contribution is 0.237. The number of hydrogen-bond acceptors (Lipinski definition) is 6. The van der Waals surface area contributed by atoms with Gasteiger partial charge < -0.3 is 20.1 Å². The summed E-state index contributed by atoms with van der Waals surface area (Å²) >= 11 is 6.02. The molecule has 4 rings (SSSR count). The third-order valence-electron chi connectivity index (χ3n) is 5.41. The minimum Gasteiger partial charge on any atom is -0.334 e. The molecule has 2 aromatic carbocycles. The topological polar surface area (TPSA) is 107 Å². The van der Waals surface area contributed by atoms with E-state index in [1.807, 2.05) is 55.5 Å². The number of urea groups is 1. The Bertz CT molecular complexity index is 1120. The Balaban J connectivity index is 1.28. The molecule has 0 aliphatic carbocycles. The fourth-order valence-corrected chi connectivity index (χ4v) is 3.94. The monoisotopic (exact) mass is 450 g/mol. The largest absolute Gasteiger partial charge is 0.334 e. The van der Waals surface area contributed by atoms with Gasteiger partial charge in [-0.05, 0) is 48.7 Å². The Hall–Kier alpha value is -3.57. The lowest BCUT2D eigenvalue weighted by Crippen LogP contribution is -2.42. The molecule has 1 saturated heterocycles. The molecule has 164 valence electrons. The molecule has 1 aliphatic heterocycles. The molecule has 1 aromatic heterocycles. The van der Waals surface area contributed by atoms with Gasteiger partial charge in [-0.3, -0.25) is 0 Å². The summed E-state index contributed by atoms with van der Waals surface area (Å²) < 4.78 is 5.39. The summed E-state index contributed by atoms with van der Waals surface area (Å²) in [6.45, 7) is 2.91. The first kappa shape index (κ1) is 21.7. The van der Waals surface area contributed by atoms with Crippen LogP contribution in [0.2, 0.25) is 5.02 Å². The van der Waals surface area contributed by atoms with Crippen molar-refractivity contribution in [1.82, 2.24) is 25.7 Å². The Morgan fingerprint density at radius 2 is 2.09 bits per heavy atom. The molecule has 2 N–H and O–H groups in total. The van der Waals surface area contributed by atoms with Crippen LogP contribution in [0.25, 0.3) is 11.5 Å². The average Bonchev–Trinajstić information content (AvgIpc) is 3.38. The summed E-state index contributed by atoms with van der Waals surface area (Å²) in [5.74, 6) is 1.03. The van der Waals surface area contributed by atoms with Crippen LogP contribution < -0.4 is 10.6 Å². The SMILES string of the molecule is C[C@@H]1C[C@@H](NC(=O)NCc2ccc(-c3nc(Cc4cccc(Cl)c4)no3)cc2)CN1C#N. The van der Waals surface area contributed by atoms with Crippen LogP contribution in [-0.4, -0.2) is 39.7 Å². The van der Waals surface area contributed by atoms with Gasteiger partial charge in [0.15, 0.2) is 12.0 Å². The second-order valence-corrected chi connectivity index (χ2v) is 8.32. The maximum Gasteiger partial charge on any atom is 0.315 e. The number of amides is 2. The molecule has 2 heterocycles. The van der Waals surface area contributed by atoms with Crippen molar-refractivity contribution in [3.05, 3.63) is 70.5 Å². The molecule has 0 unspecified atom stereocenters. The van der Waals surface area contributed by atoms with Crippen molar-refractivity contribution in [3.8, 4) is 17.6 Å². The van der Waals surface area contributed by atoms with Crippen LogP contribution in [0.4, 0.5) is 4.79 Å². The van der Waals surface area contributed by atoms with Crippen molar-refractivity contribution < 1.29 is 9.32 Å². The Labute approximate surface area is 191 Å². The highest BCUT2D eigenvalue weighted by Crippen LogP contribution is 2.20. The van der Waals surface area contributed by atoms with E-state index in [4.69, 9.17) is 21.4 Å². The average molecular weight is 451 g/mol. The number of likely N-dealkylation sites (tertiary alicyclic amines) is 1. The summed E-state index contributed by atoms with van der Waals surface area (Å²) in [5, 5.41) is 19.5. The van der Waals surface area contributed by atoms with Crippen molar-refractivity contribution in [2.24, 2.45) is 0 Å². The van der Waals surface area contributed by atoms with Gasteiger partial charge in [0.05, 0.1) is 6.04 Å². The molecule has 9 heteroatoms. The number of halogens is 1. The number of nitrogens with zero attached hydrogens (tertiary/aromatic N) is 4. The van der Waals surface area contributed by atoms with Gasteiger partial charge in [0.25, 0.3) is 5.89 Å². The second kappa shape index (κ2) is 9.71. The van der Waals surface area contributed by atoms with Crippen molar-refractivity contribution in [2.75, 3.05) is 6.54 Å². The normalized spacial score (nSPS) is 17.7. The van der Waals surface area contributed by atoms with E-state index in [9.17, 15) is 4.79 Å². The summed E-state index contributed by atoms with van der Waals surface area (Å²) in [6.07, 6.45) is 3.45. The van der Waals surface area contributed by atoms with E-state index in [0.29, 0.717) is 36.2 Å². The number of hydrogen-bond donors (Lipinski definition) is 2. The van der Waals surface area contributed by atoms with Crippen LogP contribution in [0.5, 0.6) is 0 Å². The summed E-state index contributed by atoms with van der Waals surface area (Å²) in [6, 6.07) is 15.0. The van der Waals surface area contributed by atoms with Crippen LogP contribution in [0.1, 0.15) is 30.3 Å². The van der Waals surface area contributed by atoms with Crippen LogP contribution >= 0.6 is 11.6 Å². The highest BCUT2D eigenvalue weighted by molar-refractivity contribution is 6.30. The smallest absolute Gasteiger partial charge is 0.315 e. The van der Waals surface area contributed by atoms with Crippen LogP contribution in [0.15, 0.2) is 53.1 Å². The number of carbonyl (C=O) groups is 1. The first-order chi connectivity index (χ1) is 15.5. The lowest BCUT2D eigenvalue weighted by Gasteiger charge is -2.13. The van der Waals surface area contributed by atoms with Gasteiger partial charge in [0, 0.05) is 36.1 Å². The van der Waals surface area contributed by atoms with Crippen molar-refractivity contribution >= 4 is 17.6 Å². The van der Waals surface area contributed by atoms with Gasteiger partial charge in [0.2, 0.25) is 0 Å². The lowest BCUT2D eigenvalue weighted by atomic mass is 10.1. The van der Waals surface area contributed by atoms with Gasteiger partial charge in [0.1, 0.15) is 0 Å². The first-order valence-corrected chi connectivity index (χ1v) is 10.7. The number of benzene rings is 2. The number of rotatable bonds is 6. The molecule has 2 atom stereocenters. The van der Waals surface area contributed by atoms with E-state index >= 15 is 0 Å².